The number of nitrogens with two attached hydrogens (primary N) is 1. The van der Waals surface area contributed by atoms with Crippen molar-refractivity contribution in [2.45, 2.75) is 18.2 Å². The molecule has 0 aliphatic carbocycles. The quantitative estimate of drug-likeness (QED) is 0.638. The van der Waals surface area contributed by atoms with E-state index in [0.717, 1.165) is 28.2 Å². The number of nitrogens with zero attached hydrogens (tertiary/aromatic N) is 4. The highest BCUT2D eigenvalue weighted by Gasteiger charge is 2.33. The van der Waals surface area contributed by atoms with Gasteiger partial charge in [0.15, 0.2) is 5.17 Å². The normalized spacial score (nSPS) is 20.5. The van der Waals surface area contributed by atoms with Crippen molar-refractivity contribution in [2.75, 3.05) is 26.3 Å². The molecule has 7 nitrogen and oxygen atoms in total. The van der Waals surface area contributed by atoms with Gasteiger partial charge in [0.25, 0.3) is 5.91 Å². The molecule has 1 aromatic carbocycles. The van der Waals surface area contributed by atoms with Gasteiger partial charge < -0.3 is 15.4 Å². The zero-order valence-electron chi connectivity index (χ0n) is 18.3. The summed E-state index contributed by atoms with van der Waals surface area (Å²) in [4.78, 5) is 28.5. The fraction of sp³-hybridized carbons (Fsp3) is 0.280. The number of pyridine rings is 2. The first-order valence-electron chi connectivity index (χ1n) is 11.0. The smallest absolute Gasteiger partial charge is 0.254 e. The van der Waals surface area contributed by atoms with Crippen LogP contribution in [-0.2, 0) is 4.74 Å². The lowest BCUT2D eigenvalue weighted by Gasteiger charge is -2.26. The molecule has 2 N–H and O–H groups in total. The minimum Gasteiger partial charge on any atom is -0.379 e. The molecule has 168 valence electrons. The lowest BCUT2D eigenvalue weighted by Crippen LogP contribution is -2.40. The number of aryl methyl sites for hydroxylation is 1. The molecule has 2 unspecified atom stereocenters. The summed E-state index contributed by atoms with van der Waals surface area (Å²) in [6.07, 6.45) is 1.80. The summed E-state index contributed by atoms with van der Waals surface area (Å²) in [7, 11) is 0. The summed E-state index contributed by atoms with van der Waals surface area (Å²) in [5.41, 5.74) is 11.5. The van der Waals surface area contributed by atoms with Crippen molar-refractivity contribution in [2.24, 2.45) is 10.7 Å². The molecule has 33 heavy (non-hydrogen) atoms. The first-order valence-corrected chi connectivity index (χ1v) is 11.8. The monoisotopic (exact) mass is 459 g/mol. The maximum Gasteiger partial charge on any atom is 0.254 e. The Morgan fingerprint density at radius 2 is 1.91 bits per heavy atom. The minimum atomic E-state index is -0.131. The number of aliphatic imine (C=N–C) groups is 1. The number of rotatable bonds is 4. The molecule has 2 aliphatic heterocycles. The second-order valence-corrected chi connectivity index (χ2v) is 9.27. The SMILES string of the molecule is Cc1cccc(C2SC(N)=NC2c2ccnc(-c3ccc(C(=O)N4CCOCC4)cc3)c2)n1. The summed E-state index contributed by atoms with van der Waals surface area (Å²) in [5.74, 6) is 0.0350. The molecule has 2 aliphatic rings. The fourth-order valence-corrected chi connectivity index (χ4v) is 5.18. The van der Waals surface area contributed by atoms with Crippen LogP contribution in [-0.4, -0.2) is 52.2 Å². The third-order valence-electron chi connectivity index (χ3n) is 5.85. The number of ether oxygens (including phenoxy) is 1. The van der Waals surface area contributed by atoms with Crippen LogP contribution in [0.5, 0.6) is 0 Å². The van der Waals surface area contributed by atoms with Gasteiger partial charge in [-0.05, 0) is 48.9 Å². The van der Waals surface area contributed by atoms with Gasteiger partial charge in [0, 0.05) is 36.1 Å². The predicted molar refractivity (Wildman–Crippen MR) is 130 cm³/mol. The Bertz CT molecular complexity index is 1190. The van der Waals surface area contributed by atoms with Crippen molar-refractivity contribution in [1.29, 1.82) is 0 Å². The average Bonchev–Trinajstić information content (AvgIpc) is 3.26. The molecule has 1 amide bonds. The molecule has 4 heterocycles. The summed E-state index contributed by atoms with van der Waals surface area (Å²) in [5, 5.41) is 0.589. The number of hydrogen-bond donors (Lipinski definition) is 1. The van der Waals surface area contributed by atoms with Crippen LogP contribution in [0.3, 0.4) is 0 Å². The van der Waals surface area contributed by atoms with E-state index in [1.54, 1.807) is 18.0 Å². The Morgan fingerprint density at radius 1 is 1.12 bits per heavy atom. The van der Waals surface area contributed by atoms with Crippen molar-refractivity contribution in [3.05, 3.63) is 83.3 Å². The van der Waals surface area contributed by atoms with Crippen LogP contribution in [0.15, 0.2) is 65.8 Å². The number of amides is 1. The molecule has 1 saturated heterocycles. The zero-order chi connectivity index (χ0) is 22.8. The first kappa shape index (κ1) is 21.6. The van der Waals surface area contributed by atoms with E-state index in [0.29, 0.717) is 37.0 Å². The topological polar surface area (TPSA) is 93.7 Å². The molecule has 5 rings (SSSR count). The Kier molecular flexibility index (Phi) is 6.11. The predicted octanol–water partition coefficient (Wildman–Crippen LogP) is 3.77. The van der Waals surface area contributed by atoms with Crippen LogP contribution in [0.2, 0.25) is 0 Å². The van der Waals surface area contributed by atoms with Crippen LogP contribution < -0.4 is 5.73 Å². The van der Waals surface area contributed by atoms with Crippen molar-refractivity contribution in [1.82, 2.24) is 14.9 Å². The van der Waals surface area contributed by atoms with E-state index in [2.05, 4.69) is 11.1 Å². The van der Waals surface area contributed by atoms with Crippen molar-refractivity contribution >= 4 is 22.8 Å². The molecule has 2 atom stereocenters. The number of morpholine rings is 1. The van der Waals surface area contributed by atoms with Crippen molar-refractivity contribution in [3.8, 4) is 11.3 Å². The largest absolute Gasteiger partial charge is 0.379 e. The van der Waals surface area contributed by atoms with E-state index < -0.39 is 0 Å². The third-order valence-corrected chi connectivity index (χ3v) is 6.95. The van der Waals surface area contributed by atoms with Crippen molar-refractivity contribution in [3.63, 3.8) is 0 Å². The van der Waals surface area contributed by atoms with Gasteiger partial charge in [-0.2, -0.15) is 0 Å². The van der Waals surface area contributed by atoms with Gasteiger partial charge in [-0.3, -0.25) is 19.8 Å². The number of thioether (sulfide) groups is 1. The third kappa shape index (κ3) is 4.62. The Morgan fingerprint density at radius 3 is 2.67 bits per heavy atom. The van der Waals surface area contributed by atoms with Crippen LogP contribution >= 0.6 is 11.8 Å². The van der Waals surface area contributed by atoms with E-state index >= 15 is 0 Å². The number of hydrogen-bond acceptors (Lipinski definition) is 7. The van der Waals surface area contributed by atoms with Crippen LogP contribution in [0.25, 0.3) is 11.3 Å². The molecule has 0 radical (unpaired) electrons. The van der Waals surface area contributed by atoms with E-state index in [-0.39, 0.29) is 17.2 Å². The average molecular weight is 460 g/mol. The molecule has 8 heteroatoms. The molecule has 2 aromatic heterocycles. The second kappa shape index (κ2) is 9.33. The van der Waals surface area contributed by atoms with Gasteiger partial charge in [-0.1, -0.05) is 30.0 Å². The number of amidine groups is 1. The van der Waals surface area contributed by atoms with Crippen LogP contribution in [0.4, 0.5) is 0 Å². The van der Waals surface area contributed by atoms with Gasteiger partial charge in [0.2, 0.25) is 0 Å². The van der Waals surface area contributed by atoms with Gasteiger partial charge in [-0.25, -0.2) is 0 Å². The lowest BCUT2D eigenvalue weighted by atomic mass is 9.99. The van der Waals surface area contributed by atoms with Gasteiger partial charge in [-0.15, -0.1) is 0 Å². The molecule has 0 saturated carbocycles. The zero-order valence-corrected chi connectivity index (χ0v) is 19.2. The number of aromatic nitrogens is 2. The summed E-state index contributed by atoms with van der Waals surface area (Å²) in [6.45, 7) is 4.42. The highest BCUT2D eigenvalue weighted by atomic mass is 32.2. The van der Waals surface area contributed by atoms with Crippen LogP contribution in [0, 0.1) is 6.92 Å². The molecular weight excluding hydrogens is 434 g/mol. The number of benzene rings is 1. The maximum atomic E-state index is 12.7. The summed E-state index contributed by atoms with van der Waals surface area (Å²) in [6, 6.07) is 17.5. The van der Waals surface area contributed by atoms with E-state index in [9.17, 15) is 4.79 Å². The summed E-state index contributed by atoms with van der Waals surface area (Å²) < 4.78 is 5.34. The Hall–Kier alpha value is -3.23. The summed E-state index contributed by atoms with van der Waals surface area (Å²) >= 11 is 1.54. The molecular formula is C25H25N5O2S. The minimum absolute atomic E-state index is 0.0219. The first-order chi connectivity index (χ1) is 16.1. The second-order valence-electron chi connectivity index (χ2n) is 8.11. The van der Waals surface area contributed by atoms with Gasteiger partial charge in [0.05, 0.1) is 35.9 Å². The fourth-order valence-electron chi connectivity index (χ4n) is 4.15. The standard InChI is InChI=1S/C25H25N5O2S/c1-16-3-2-4-20(28-16)23-22(29-25(26)33-23)19-9-10-27-21(15-19)17-5-7-18(8-6-17)24(31)30-11-13-32-14-12-30/h2-10,15,22-23H,11-14H2,1H3,(H2,26,29). The molecule has 1 fully saturated rings. The molecule has 0 spiro atoms. The highest BCUT2D eigenvalue weighted by Crippen LogP contribution is 2.47. The molecule has 0 bridgehead atoms. The Balaban J connectivity index is 1.39. The van der Waals surface area contributed by atoms with E-state index in [1.165, 1.54) is 0 Å². The van der Waals surface area contributed by atoms with E-state index in [1.807, 2.05) is 60.4 Å². The lowest BCUT2D eigenvalue weighted by molar-refractivity contribution is 0.0303. The molecule has 3 aromatic rings. The maximum absolute atomic E-state index is 12.7. The van der Waals surface area contributed by atoms with Gasteiger partial charge >= 0.3 is 0 Å². The van der Waals surface area contributed by atoms with Crippen LogP contribution in [0.1, 0.15) is 38.6 Å². The Labute approximate surface area is 197 Å². The number of carbonyl (C=O) groups excluding carboxylic acids is 1. The highest BCUT2D eigenvalue weighted by molar-refractivity contribution is 8.14. The number of carbonyl (C=O) groups is 1. The van der Waals surface area contributed by atoms with Crippen molar-refractivity contribution < 1.29 is 9.53 Å². The van der Waals surface area contributed by atoms with Gasteiger partial charge in [0.1, 0.15) is 0 Å². The van der Waals surface area contributed by atoms with E-state index in [4.69, 9.17) is 20.4 Å².